The molecule has 2 rings (SSSR count). The van der Waals surface area contributed by atoms with Gasteiger partial charge in [0.05, 0.1) is 25.1 Å². The lowest BCUT2D eigenvalue weighted by molar-refractivity contribution is -0.133. The topological polar surface area (TPSA) is 76.7 Å². The number of carbonyl (C=O) groups excluding carboxylic acids is 2. The molecular weight excluding hydrogens is 344 g/mol. The van der Waals surface area contributed by atoms with E-state index < -0.39 is 11.8 Å². The quantitative estimate of drug-likeness (QED) is 0.796. The van der Waals surface area contributed by atoms with E-state index in [1.54, 1.807) is 43.3 Å². The Kier molecular flexibility index (Phi) is 6.25. The van der Waals surface area contributed by atoms with Crippen LogP contribution in [0.5, 0.6) is 11.5 Å². The number of halogens is 1. The first kappa shape index (κ1) is 18.6. The third-order valence-electron chi connectivity index (χ3n) is 3.37. The van der Waals surface area contributed by atoms with E-state index in [0.29, 0.717) is 34.5 Å². The van der Waals surface area contributed by atoms with Gasteiger partial charge in [-0.2, -0.15) is 0 Å². The van der Waals surface area contributed by atoms with Crippen LogP contribution in [0.1, 0.15) is 12.5 Å². The standard InChI is InChI=1S/C18H19ClN2O4/c1-4-25-15-8-6-5-7-13(15)20-17(22)18(23)21-14-9-11(2)12(19)10-16(14)24-3/h5-10H,4H2,1-3H3,(H,20,22)(H,21,23). The number of hydrogen-bond acceptors (Lipinski definition) is 4. The van der Waals surface area contributed by atoms with E-state index in [0.717, 1.165) is 5.56 Å². The first-order valence-corrected chi connectivity index (χ1v) is 8.02. The van der Waals surface area contributed by atoms with Crippen molar-refractivity contribution in [2.24, 2.45) is 0 Å². The summed E-state index contributed by atoms with van der Waals surface area (Å²) in [6, 6.07) is 10.1. The maximum absolute atomic E-state index is 12.2. The van der Waals surface area contributed by atoms with Crippen LogP contribution in [-0.2, 0) is 9.59 Å². The van der Waals surface area contributed by atoms with Crippen molar-refractivity contribution in [3.63, 3.8) is 0 Å². The number of nitrogens with one attached hydrogen (secondary N) is 2. The van der Waals surface area contributed by atoms with Crippen LogP contribution < -0.4 is 20.1 Å². The van der Waals surface area contributed by atoms with Gasteiger partial charge in [-0.1, -0.05) is 23.7 Å². The van der Waals surface area contributed by atoms with Crippen molar-refractivity contribution in [1.82, 2.24) is 0 Å². The van der Waals surface area contributed by atoms with Gasteiger partial charge in [-0.05, 0) is 37.6 Å². The fourth-order valence-corrected chi connectivity index (χ4v) is 2.29. The molecule has 2 N–H and O–H groups in total. The number of anilines is 2. The molecular formula is C18H19ClN2O4. The third kappa shape index (κ3) is 4.64. The van der Waals surface area contributed by atoms with Gasteiger partial charge in [-0.3, -0.25) is 9.59 Å². The Morgan fingerprint density at radius 3 is 2.32 bits per heavy atom. The van der Waals surface area contributed by atoms with E-state index >= 15 is 0 Å². The number of aryl methyl sites for hydroxylation is 1. The molecule has 7 heteroatoms. The van der Waals surface area contributed by atoms with Gasteiger partial charge in [0.25, 0.3) is 0 Å². The number of para-hydroxylation sites is 2. The number of hydrogen-bond donors (Lipinski definition) is 2. The number of amides is 2. The molecule has 0 atom stereocenters. The zero-order chi connectivity index (χ0) is 18.4. The van der Waals surface area contributed by atoms with E-state index in [2.05, 4.69) is 10.6 Å². The minimum Gasteiger partial charge on any atom is -0.495 e. The van der Waals surface area contributed by atoms with Crippen LogP contribution in [0.25, 0.3) is 0 Å². The molecule has 0 aliphatic carbocycles. The Labute approximate surface area is 151 Å². The Bertz CT molecular complexity index is 793. The third-order valence-corrected chi connectivity index (χ3v) is 3.78. The smallest absolute Gasteiger partial charge is 0.314 e. The summed E-state index contributed by atoms with van der Waals surface area (Å²) < 4.78 is 10.6. The lowest BCUT2D eigenvalue weighted by Crippen LogP contribution is -2.29. The van der Waals surface area contributed by atoms with Gasteiger partial charge < -0.3 is 20.1 Å². The van der Waals surface area contributed by atoms with Gasteiger partial charge in [-0.25, -0.2) is 0 Å². The van der Waals surface area contributed by atoms with Crippen molar-refractivity contribution in [2.75, 3.05) is 24.4 Å². The van der Waals surface area contributed by atoms with E-state index in [-0.39, 0.29) is 0 Å². The van der Waals surface area contributed by atoms with E-state index in [9.17, 15) is 9.59 Å². The maximum atomic E-state index is 12.2. The summed E-state index contributed by atoms with van der Waals surface area (Å²) in [4.78, 5) is 24.4. The normalized spacial score (nSPS) is 10.1. The molecule has 0 aliphatic rings. The van der Waals surface area contributed by atoms with Crippen LogP contribution >= 0.6 is 11.6 Å². The minimum absolute atomic E-state index is 0.364. The van der Waals surface area contributed by atoms with E-state index in [1.165, 1.54) is 7.11 Å². The molecule has 0 saturated carbocycles. The van der Waals surface area contributed by atoms with Crippen molar-refractivity contribution in [3.8, 4) is 11.5 Å². The SMILES string of the molecule is CCOc1ccccc1NC(=O)C(=O)Nc1cc(C)c(Cl)cc1OC. The van der Waals surface area contributed by atoms with Crippen LogP contribution in [0.3, 0.4) is 0 Å². The van der Waals surface area contributed by atoms with Gasteiger partial charge in [-0.15, -0.1) is 0 Å². The molecule has 0 unspecified atom stereocenters. The highest BCUT2D eigenvalue weighted by Gasteiger charge is 2.18. The van der Waals surface area contributed by atoms with Crippen molar-refractivity contribution in [2.45, 2.75) is 13.8 Å². The van der Waals surface area contributed by atoms with E-state index in [1.807, 2.05) is 6.92 Å². The number of benzene rings is 2. The molecule has 6 nitrogen and oxygen atoms in total. The molecule has 0 spiro atoms. The van der Waals surface area contributed by atoms with Crippen molar-refractivity contribution in [3.05, 3.63) is 47.0 Å². The summed E-state index contributed by atoms with van der Waals surface area (Å²) in [5.41, 5.74) is 1.53. The van der Waals surface area contributed by atoms with Gasteiger partial charge in [0.2, 0.25) is 0 Å². The average molecular weight is 363 g/mol. The Balaban J connectivity index is 2.14. The highest BCUT2D eigenvalue weighted by Crippen LogP contribution is 2.31. The van der Waals surface area contributed by atoms with Gasteiger partial charge in [0, 0.05) is 11.1 Å². The summed E-state index contributed by atoms with van der Waals surface area (Å²) in [7, 11) is 1.45. The number of carbonyl (C=O) groups is 2. The Morgan fingerprint density at radius 1 is 1.04 bits per heavy atom. The maximum Gasteiger partial charge on any atom is 0.314 e. The van der Waals surface area contributed by atoms with Crippen molar-refractivity contribution < 1.29 is 19.1 Å². The van der Waals surface area contributed by atoms with Crippen molar-refractivity contribution >= 4 is 34.8 Å². The molecule has 0 heterocycles. The Hall–Kier alpha value is -2.73. The zero-order valence-electron chi connectivity index (χ0n) is 14.2. The van der Waals surface area contributed by atoms with Crippen molar-refractivity contribution in [1.29, 1.82) is 0 Å². The van der Waals surface area contributed by atoms with Crippen LogP contribution in [0.2, 0.25) is 5.02 Å². The summed E-state index contributed by atoms with van der Waals surface area (Å²) in [5, 5.41) is 5.57. The second kappa shape index (κ2) is 8.39. The molecule has 0 aliphatic heterocycles. The molecule has 0 fully saturated rings. The molecule has 2 aromatic rings. The largest absolute Gasteiger partial charge is 0.495 e. The molecule has 2 aromatic carbocycles. The first-order chi connectivity index (χ1) is 12.0. The van der Waals surface area contributed by atoms with E-state index in [4.69, 9.17) is 21.1 Å². The first-order valence-electron chi connectivity index (χ1n) is 7.64. The fraction of sp³-hybridized carbons (Fsp3) is 0.222. The highest BCUT2D eigenvalue weighted by atomic mass is 35.5. The monoisotopic (exact) mass is 362 g/mol. The molecule has 0 radical (unpaired) electrons. The van der Waals surface area contributed by atoms with Crippen LogP contribution in [0.4, 0.5) is 11.4 Å². The lowest BCUT2D eigenvalue weighted by atomic mass is 10.2. The zero-order valence-corrected chi connectivity index (χ0v) is 14.9. The fourth-order valence-electron chi connectivity index (χ4n) is 2.14. The summed E-state index contributed by atoms with van der Waals surface area (Å²) in [6.45, 7) is 4.07. The number of ether oxygens (including phenoxy) is 2. The Morgan fingerprint density at radius 2 is 1.68 bits per heavy atom. The predicted octanol–water partition coefficient (Wildman–Crippen LogP) is 3.63. The molecule has 132 valence electrons. The highest BCUT2D eigenvalue weighted by molar-refractivity contribution is 6.44. The summed E-state index contributed by atoms with van der Waals surface area (Å²) >= 11 is 6.03. The van der Waals surface area contributed by atoms with Crippen LogP contribution in [-0.4, -0.2) is 25.5 Å². The number of methoxy groups -OCH3 is 1. The van der Waals surface area contributed by atoms with Gasteiger partial charge in [0.15, 0.2) is 0 Å². The van der Waals surface area contributed by atoms with Crippen LogP contribution in [0, 0.1) is 6.92 Å². The molecule has 0 aromatic heterocycles. The summed E-state index contributed by atoms with van der Waals surface area (Å²) in [6.07, 6.45) is 0. The number of rotatable bonds is 5. The lowest BCUT2D eigenvalue weighted by Gasteiger charge is -2.13. The van der Waals surface area contributed by atoms with Gasteiger partial charge in [0.1, 0.15) is 11.5 Å². The average Bonchev–Trinajstić information content (AvgIpc) is 2.59. The van der Waals surface area contributed by atoms with Crippen LogP contribution in [0.15, 0.2) is 36.4 Å². The second-order valence-corrected chi connectivity index (χ2v) is 5.55. The molecule has 0 bridgehead atoms. The predicted molar refractivity (Wildman–Crippen MR) is 97.6 cm³/mol. The minimum atomic E-state index is -0.827. The molecule has 0 saturated heterocycles. The second-order valence-electron chi connectivity index (χ2n) is 5.14. The molecule has 25 heavy (non-hydrogen) atoms. The van der Waals surface area contributed by atoms with Gasteiger partial charge >= 0.3 is 11.8 Å². The molecule has 2 amide bonds. The summed E-state index contributed by atoms with van der Waals surface area (Å²) in [5.74, 6) is -0.786.